The minimum absolute atomic E-state index is 0.0390. The van der Waals surface area contributed by atoms with E-state index < -0.39 is 12.0 Å². The zero-order valence-electron chi connectivity index (χ0n) is 12.2. The molecule has 0 radical (unpaired) electrons. The number of carboxylic acid groups (broad SMARTS) is 1. The summed E-state index contributed by atoms with van der Waals surface area (Å²) in [4.78, 5) is 25.3. The minimum atomic E-state index is -0.873. The maximum atomic E-state index is 12.3. The van der Waals surface area contributed by atoms with E-state index in [4.69, 9.17) is 0 Å². The summed E-state index contributed by atoms with van der Waals surface area (Å²) in [6.07, 6.45) is 2.49. The van der Waals surface area contributed by atoms with Crippen molar-refractivity contribution in [1.82, 2.24) is 10.2 Å². The van der Waals surface area contributed by atoms with Crippen molar-refractivity contribution < 1.29 is 14.7 Å². The topological polar surface area (TPSA) is 69.6 Å². The summed E-state index contributed by atoms with van der Waals surface area (Å²) in [6, 6.07) is -0.643. The number of hydrogen-bond donors (Lipinski definition) is 2. The number of carboxylic acids is 1. The Labute approximate surface area is 115 Å². The van der Waals surface area contributed by atoms with Gasteiger partial charge >= 0.3 is 5.97 Å². The lowest BCUT2D eigenvalue weighted by molar-refractivity contribution is -0.154. The first-order valence-electron chi connectivity index (χ1n) is 7.25. The Balaban J connectivity index is 2.68. The number of nitrogens with one attached hydrogen (secondary N) is 1. The van der Waals surface area contributed by atoms with Gasteiger partial charge in [-0.05, 0) is 25.3 Å². The highest BCUT2D eigenvalue weighted by molar-refractivity contribution is 5.85. The first kappa shape index (κ1) is 16.0. The van der Waals surface area contributed by atoms with E-state index in [9.17, 15) is 14.7 Å². The van der Waals surface area contributed by atoms with Crippen LogP contribution < -0.4 is 5.32 Å². The lowest BCUT2D eigenvalue weighted by Gasteiger charge is -2.38. The molecule has 1 saturated heterocycles. The molecule has 1 rings (SSSR count). The molecule has 0 spiro atoms. The van der Waals surface area contributed by atoms with Gasteiger partial charge in [-0.3, -0.25) is 4.79 Å². The first-order chi connectivity index (χ1) is 9.01. The highest BCUT2D eigenvalue weighted by Crippen LogP contribution is 2.26. The molecule has 1 heterocycles. The van der Waals surface area contributed by atoms with Gasteiger partial charge in [0.2, 0.25) is 5.91 Å². The van der Waals surface area contributed by atoms with Gasteiger partial charge in [-0.25, -0.2) is 4.79 Å². The smallest absolute Gasteiger partial charge is 0.326 e. The van der Waals surface area contributed by atoms with Crippen LogP contribution in [0.5, 0.6) is 0 Å². The quantitative estimate of drug-likeness (QED) is 0.764. The third-order valence-electron chi connectivity index (χ3n) is 3.98. The van der Waals surface area contributed by atoms with Crippen LogP contribution in [0, 0.1) is 11.8 Å². The van der Waals surface area contributed by atoms with Crippen molar-refractivity contribution in [2.45, 2.75) is 46.1 Å². The summed E-state index contributed by atoms with van der Waals surface area (Å²) in [5.74, 6) is -0.653. The molecule has 2 N–H and O–H groups in total. The average Bonchev–Trinajstić information content (AvgIpc) is 2.43. The Morgan fingerprint density at radius 3 is 2.63 bits per heavy atom. The fraction of sp³-hybridized carbons (Fsp3) is 0.857. The van der Waals surface area contributed by atoms with Crippen LogP contribution in [0.25, 0.3) is 0 Å². The Morgan fingerprint density at radius 2 is 2.11 bits per heavy atom. The molecule has 0 bridgehead atoms. The SMILES string of the molecule is CCNCC(C)C(=O)N1CCC(CC)CC1C(=O)O. The molecule has 1 fully saturated rings. The summed E-state index contributed by atoms with van der Waals surface area (Å²) >= 11 is 0. The molecule has 3 atom stereocenters. The molecule has 19 heavy (non-hydrogen) atoms. The van der Waals surface area contributed by atoms with Crippen molar-refractivity contribution in [2.24, 2.45) is 11.8 Å². The Kier molecular flexibility index (Phi) is 6.28. The van der Waals surface area contributed by atoms with E-state index in [0.29, 0.717) is 25.4 Å². The van der Waals surface area contributed by atoms with E-state index in [1.54, 1.807) is 4.90 Å². The van der Waals surface area contributed by atoms with Gasteiger partial charge in [-0.2, -0.15) is 0 Å². The van der Waals surface area contributed by atoms with Crippen LogP contribution in [-0.2, 0) is 9.59 Å². The fourth-order valence-electron chi connectivity index (χ4n) is 2.64. The normalized spacial score (nSPS) is 25.1. The molecule has 3 unspecified atom stereocenters. The van der Waals surface area contributed by atoms with Crippen LogP contribution in [-0.4, -0.2) is 47.6 Å². The van der Waals surface area contributed by atoms with Crippen molar-refractivity contribution >= 4 is 11.9 Å². The lowest BCUT2D eigenvalue weighted by Crippen LogP contribution is -2.52. The summed E-state index contributed by atoms with van der Waals surface area (Å²) in [7, 11) is 0. The summed E-state index contributed by atoms with van der Waals surface area (Å²) in [5, 5.41) is 12.5. The largest absolute Gasteiger partial charge is 0.480 e. The number of rotatable bonds is 6. The fourth-order valence-corrected chi connectivity index (χ4v) is 2.64. The van der Waals surface area contributed by atoms with E-state index in [-0.39, 0.29) is 11.8 Å². The Hall–Kier alpha value is -1.10. The van der Waals surface area contributed by atoms with Gasteiger partial charge in [-0.1, -0.05) is 27.2 Å². The minimum Gasteiger partial charge on any atom is -0.480 e. The van der Waals surface area contributed by atoms with Crippen molar-refractivity contribution in [3.05, 3.63) is 0 Å². The van der Waals surface area contributed by atoms with Gasteiger partial charge in [0, 0.05) is 19.0 Å². The van der Waals surface area contributed by atoms with Gasteiger partial charge in [-0.15, -0.1) is 0 Å². The van der Waals surface area contributed by atoms with E-state index in [2.05, 4.69) is 12.2 Å². The van der Waals surface area contributed by atoms with Gasteiger partial charge in [0.05, 0.1) is 0 Å². The van der Waals surface area contributed by atoms with E-state index in [0.717, 1.165) is 19.4 Å². The predicted molar refractivity (Wildman–Crippen MR) is 73.9 cm³/mol. The Bertz CT molecular complexity index is 320. The summed E-state index contributed by atoms with van der Waals surface area (Å²) < 4.78 is 0. The van der Waals surface area contributed by atoms with Crippen LogP contribution in [0.15, 0.2) is 0 Å². The van der Waals surface area contributed by atoms with Crippen LogP contribution in [0.1, 0.15) is 40.0 Å². The average molecular weight is 270 g/mol. The molecule has 0 saturated carbocycles. The Morgan fingerprint density at radius 1 is 1.42 bits per heavy atom. The number of hydrogen-bond acceptors (Lipinski definition) is 3. The van der Waals surface area contributed by atoms with Crippen molar-refractivity contribution in [1.29, 1.82) is 0 Å². The number of likely N-dealkylation sites (tertiary alicyclic amines) is 1. The second-order valence-electron chi connectivity index (χ2n) is 5.39. The van der Waals surface area contributed by atoms with Gasteiger partial charge in [0.1, 0.15) is 6.04 Å². The molecule has 1 aliphatic rings. The van der Waals surface area contributed by atoms with Crippen molar-refractivity contribution in [2.75, 3.05) is 19.6 Å². The van der Waals surface area contributed by atoms with Crippen LogP contribution in [0.2, 0.25) is 0 Å². The van der Waals surface area contributed by atoms with Gasteiger partial charge < -0.3 is 15.3 Å². The first-order valence-corrected chi connectivity index (χ1v) is 7.25. The van der Waals surface area contributed by atoms with E-state index in [1.807, 2.05) is 13.8 Å². The molecule has 1 amide bonds. The number of piperidine rings is 1. The molecular weight excluding hydrogens is 244 g/mol. The third kappa shape index (κ3) is 4.20. The molecule has 0 aromatic carbocycles. The summed E-state index contributed by atoms with van der Waals surface area (Å²) in [5.41, 5.74) is 0. The second kappa shape index (κ2) is 7.48. The number of carbonyl (C=O) groups is 2. The van der Waals surface area contributed by atoms with Crippen LogP contribution in [0.4, 0.5) is 0 Å². The van der Waals surface area contributed by atoms with Crippen LogP contribution in [0.3, 0.4) is 0 Å². The number of carbonyl (C=O) groups excluding carboxylic acids is 1. The molecule has 1 aliphatic heterocycles. The zero-order valence-corrected chi connectivity index (χ0v) is 12.2. The number of aliphatic carboxylic acids is 1. The van der Waals surface area contributed by atoms with Gasteiger partial charge in [0.25, 0.3) is 0 Å². The lowest BCUT2D eigenvalue weighted by atomic mass is 9.88. The highest BCUT2D eigenvalue weighted by Gasteiger charge is 2.36. The second-order valence-corrected chi connectivity index (χ2v) is 5.39. The molecule has 5 heteroatoms. The summed E-state index contributed by atoms with van der Waals surface area (Å²) in [6.45, 7) is 7.92. The van der Waals surface area contributed by atoms with E-state index in [1.165, 1.54) is 0 Å². The van der Waals surface area contributed by atoms with Crippen LogP contribution >= 0.6 is 0 Å². The molecule has 110 valence electrons. The van der Waals surface area contributed by atoms with E-state index >= 15 is 0 Å². The maximum absolute atomic E-state index is 12.3. The molecule has 0 aromatic rings. The zero-order chi connectivity index (χ0) is 14.4. The molecule has 5 nitrogen and oxygen atoms in total. The maximum Gasteiger partial charge on any atom is 0.326 e. The molecule has 0 aliphatic carbocycles. The third-order valence-corrected chi connectivity index (χ3v) is 3.98. The van der Waals surface area contributed by atoms with Crippen molar-refractivity contribution in [3.63, 3.8) is 0 Å². The number of amides is 1. The molecule has 0 aromatic heterocycles. The highest BCUT2D eigenvalue weighted by atomic mass is 16.4. The monoisotopic (exact) mass is 270 g/mol. The number of nitrogens with zero attached hydrogens (tertiary/aromatic N) is 1. The predicted octanol–water partition coefficient (Wildman–Crippen LogP) is 1.33. The van der Waals surface area contributed by atoms with Crippen molar-refractivity contribution in [3.8, 4) is 0 Å². The standard InChI is InChI=1S/C14H26N2O3/c1-4-11-6-7-16(12(8-11)14(18)19)13(17)10(3)9-15-5-2/h10-12,15H,4-9H2,1-3H3,(H,18,19). The molecular formula is C14H26N2O3. The van der Waals surface area contributed by atoms with Gasteiger partial charge in [0.15, 0.2) is 0 Å².